The molecule has 100 valence electrons. The van der Waals surface area contributed by atoms with E-state index in [2.05, 4.69) is 6.58 Å². The van der Waals surface area contributed by atoms with E-state index in [0.717, 1.165) is 32.1 Å². The second-order valence-electron chi connectivity index (χ2n) is 5.04. The van der Waals surface area contributed by atoms with Gasteiger partial charge in [0, 0.05) is 5.57 Å². The molecule has 1 saturated carbocycles. The molecule has 0 aromatic carbocycles. The highest BCUT2D eigenvalue weighted by Crippen LogP contribution is 2.36. The van der Waals surface area contributed by atoms with Gasteiger partial charge in [-0.3, -0.25) is 0 Å². The number of hydrogen-bond donors (Lipinski definition) is 0. The van der Waals surface area contributed by atoms with Crippen LogP contribution in [0, 0.1) is 11.3 Å². The van der Waals surface area contributed by atoms with E-state index in [1.54, 1.807) is 0 Å². The minimum atomic E-state index is -1.18. The zero-order chi connectivity index (χ0) is 13.6. The van der Waals surface area contributed by atoms with E-state index < -0.39 is 11.4 Å². The van der Waals surface area contributed by atoms with Gasteiger partial charge in [-0.15, -0.1) is 0 Å². The third kappa shape index (κ3) is 3.28. The Morgan fingerprint density at radius 3 is 2.28 bits per heavy atom. The molecule has 0 radical (unpaired) electrons. The van der Waals surface area contributed by atoms with Crippen molar-refractivity contribution >= 4 is 18.5 Å². The quantitative estimate of drug-likeness (QED) is 0.314. The Kier molecular flexibility index (Phi) is 5.25. The van der Waals surface area contributed by atoms with Gasteiger partial charge < -0.3 is 14.3 Å². The van der Waals surface area contributed by atoms with E-state index >= 15 is 0 Å². The first kappa shape index (κ1) is 14.6. The number of carbonyl (C=O) groups is 3. The molecule has 0 atom stereocenters. The summed E-state index contributed by atoms with van der Waals surface area (Å²) in [7, 11) is 0. The zero-order valence-electron chi connectivity index (χ0n) is 10.8. The molecular weight excluding hydrogens is 232 g/mol. The summed E-state index contributed by atoms with van der Waals surface area (Å²) in [6, 6.07) is 0. The number of hydrogen-bond acceptors (Lipinski definition) is 4. The molecule has 0 amide bonds. The van der Waals surface area contributed by atoms with Crippen LogP contribution in [0.2, 0.25) is 0 Å². The maximum Gasteiger partial charge on any atom is 0.333 e. The number of carbonyl (C=O) groups excluding carboxylic acids is 3. The second-order valence-corrected chi connectivity index (χ2v) is 5.04. The summed E-state index contributed by atoms with van der Waals surface area (Å²) in [6.07, 6.45) is 6.12. The summed E-state index contributed by atoms with van der Waals surface area (Å²) in [6.45, 7) is 4.83. The maximum absolute atomic E-state index is 11.4. The largest absolute Gasteiger partial charge is 0.461 e. The molecule has 0 saturated heterocycles. The summed E-state index contributed by atoms with van der Waals surface area (Å²) in [5, 5.41) is 0. The highest BCUT2D eigenvalue weighted by molar-refractivity contribution is 5.88. The van der Waals surface area contributed by atoms with Gasteiger partial charge in [0.05, 0.1) is 0 Å². The summed E-state index contributed by atoms with van der Waals surface area (Å²) < 4.78 is 5.00. The van der Waals surface area contributed by atoms with Crippen LogP contribution in [0.15, 0.2) is 12.2 Å². The average molecular weight is 252 g/mol. The minimum Gasteiger partial charge on any atom is -0.461 e. The number of rotatable bonds is 6. The first-order chi connectivity index (χ1) is 8.55. The van der Waals surface area contributed by atoms with Crippen molar-refractivity contribution in [2.24, 2.45) is 11.3 Å². The molecule has 0 bridgehead atoms. The summed E-state index contributed by atoms with van der Waals surface area (Å²) in [5.74, 6) is -0.571. The molecule has 18 heavy (non-hydrogen) atoms. The molecule has 1 rings (SSSR count). The molecule has 0 heterocycles. The molecule has 0 aliphatic heterocycles. The van der Waals surface area contributed by atoms with Gasteiger partial charge in [0.1, 0.15) is 24.6 Å². The van der Waals surface area contributed by atoms with Crippen LogP contribution < -0.4 is 0 Å². The van der Waals surface area contributed by atoms with Crippen molar-refractivity contribution in [2.75, 3.05) is 6.61 Å². The molecule has 1 fully saturated rings. The molecular formula is C14H20O4. The molecule has 0 aromatic rings. The fraction of sp³-hybridized carbons (Fsp3) is 0.643. The van der Waals surface area contributed by atoms with Crippen molar-refractivity contribution in [3.05, 3.63) is 12.2 Å². The number of ether oxygens (including phenoxy) is 1. The van der Waals surface area contributed by atoms with Gasteiger partial charge in [0.25, 0.3) is 0 Å². The normalized spacial score (nSPS) is 16.9. The van der Waals surface area contributed by atoms with Crippen LogP contribution >= 0.6 is 0 Å². The van der Waals surface area contributed by atoms with E-state index in [0.29, 0.717) is 12.6 Å². The van der Waals surface area contributed by atoms with Crippen LogP contribution in [-0.2, 0) is 19.1 Å². The second kappa shape index (κ2) is 6.47. The van der Waals surface area contributed by atoms with Crippen molar-refractivity contribution in [2.45, 2.75) is 39.0 Å². The SMILES string of the molecule is C=C(C)C(=O)OCC(C=O)(C=O)C1CCCCC1. The maximum atomic E-state index is 11.4. The molecule has 1 aliphatic carbocycles. The molecule has 0 aromatic heterocycles. The summed E-state index contributed by atoms with van der Waals surface area (Å²) in [5.41, 5.74) is -0.907. The lowest BCUT2D eigenvalue weighted by molar-refractivity contribution is -0.148. The number of aldehydes is 2. The van der Waals surface area contributed by atoms with Crippen molar-refractivity contribution in [3.8, 4) is 0 Å². The first-order valence-electron chi connectivity index (χ1n) is 6.31. The van der Waals surface area contributed by atoms with Gasteiger partial charge in [-0.25, -0.2) is 4.79 Å². The van der Waals surface area contributed by atoms with E-state index in [1.165, 1.54) is 6.92 Å². The Labute approximate surface area is 107 Å². The van der Waals surface area contributed by atoms with Gasteiger partial charge in [-0.2, -0.15) is 0 Å². The van der Waals surface area contributed by atoms with Crippen LogP contribution in [0.25, 0.3) is 0 Å². The molecule has 0 spiro atoms. The standard InChI is InChI=1S/C14H20O4/c1-11(2)13(17)18-10-14(8-15,9-16)12-6-4-3-5-7-12/h8-9,12H,1,3-7,10H2,2H3. The Morgan fingerprint density at radius 2 is 1.83 bits per heavy atom. The van der Waals surface area contributed by atoms with Gasteiger partial charge >= 0.3 is 5.97 Å². The predicted molar refractivity (Wildman–Crippen MR) is 66.9 cm³/mol. The lowest BCUT2D eigenvalue weighted by Crippen LogP contribution is -2.40. The van der Waals surface area contributed by atoms with Crippen molar-refractivity contribution < 1.29 is 19.1 Å². The van der Waals surface area contributed by atoms with Crippen molar-refractivity contribution in [1.29, 1.82) is 0 Å². The highest BCUT2D eigenvalue weighted by Gasteiger charge is 2.40. The lowest BCUT2D eigenvalue weighted by Gasteiger charge is -2.33. The lowest BCUT2D eigenvalue weighted by atomic mass is 9.71. The topological polar surface area (TPSA) is 60.4 Å². The van der Waals surface area contributed by atoms with Crippen molar-refractivity contribution in [3.63, 3.8) is 0 Å². The van der Waals surface area contributed by atoms with Crippen LogP contribution in [0.5, 0.6) is 0 Å². The van der Waals surface area contributed by atoms with Crippen LogP contribution in [0.1, 0.15) is 39.0 Å². The Bertz CT molecular complexity index is 332. The molecule has 1 aliphatic rings. The van der Waals surface area contributed by atoms with Gasteiger partial charge in [0.2, 0.25) is 0 Å². The van der Waals surface area contributed by atoms with E-state index in [-0.39, 0.29) is 18.1 Å². The Morgan fingerprint density at radius 1 is 1.28 bits per heavy atom. The van der Waals surface area contributed by atoms with E-state index in [1.807, 2.05) is 0 Å². The van der Waals surface area contributed by atoms with Crippen LogP contribution in [0.4, 0.5) is 0 Å². The zero-order valence-corrected chi connectivity index (χ0v) is 10.8. The van der Waals surface area contributed by atoms with Crippen molar-refractivity contribution in [1.82, 2.24) is 0 Å². The minimum absolute atomic E-state index is 0.0147. The molecule has 4 nitrogen and oxygen atoms in total. The Hall–Kier alpha value is -1.45. The summed E-state index contributed by atoms with van der Waals surface area (Å²) >= 11 is 0. The predicted octanol–water partition coefficient (Wildman–Crippen LogP) is 2.07. The third-order valence-corrected chi connectivity index (χ3v) is 3.61. The summed E-state index contributed by atoms with van der Waals surface area (Å²) in [4.78, 5) is 33.9. The number of esters is 1. The molecule has 0 N–H and O–H groups in total. The van der Waals surface area contributed by atoms with Gasteiger partial charge in [-0.1, -0.05) is 25.8 Å². The highest BCUT2D eigenvalue weighted by atomic mass is 16.5. The molecule has 4 heteroatoms. The van der Waals surface area contributed by atoms with Crippen LogP contribution in [-0.4, -0.2) is 25.1 Å². The smallest absolute Gasteiger partial charge is 0.333 e. The van der Waals surface area contributed by atoms with Gasteiger partial charge in [0.15, 0.2) is 0 Å². The molecule has 0 unspecified atom stereocenters. The fourth-order valence-corrected chi connectivity index (χ4v) is 2.36. The first-order valence-corrected chi connectivity index (χ1v) is 6.31. The Balaban J connectivity index is 2.72. The third-order valence-electron chi connectivity index (χ3n) is 3.61. The van der Waals surface area contributed by atoms with Crippen LogP contribution in [0.3, 0.4) is 0 Å². The van der Waals surface area contributed by atoms with E-state index in [9.17, 15) is 14.4 Å². The monoisotopic (exact) mass is 252 g/mol. The van der Waals surface area contributed by atoms with Gasteiger partial charge in [-0.05, 0) is 25.7 Å². The fourth-order valence-electron chi connectivity index (χ4n) is 2.36. The van der Waals surface area contributed by atoms with E-state index in [4.69, 9.17) is 4.74 Å². The average Bonchev–Trinajstić information content (AvgIpc) is 2.41.